The molecule has 2 rings (SSSR count). The molecule has 1 aliphatic rings. The van der Waals surface area contributed by atoms with Crippen molar-refractivity contribution < 1.29 is 23.9 Å². The molecule has 0 aromatic heterocycles. The van der Waals surface area contributed by atoms with Gasteiger partial charge >= 0.3 is 0 Å². The van der Waals surface area contributed by atoms with Crippen LogP contribution in [0.25, 0.3) is 0 Å². The zero-order chi connectivity index (χ0) is 14.5. The SMILES string of the molecule is C[C@H]1C[NH+](C[C@H](O)COc2ccccc2F)C[C@H](C)O1. The highest BCUT2D eigenvalue weighted by Crippen LogP contribution is 2.15. The molecule has 0 spiro atoms. The lowest BCUT2D eigenvalue weighted by atomic mass is 10.2. The Morgan fingerprint density at radius 2 is 2.00 bits per heavy atom. The summed E-state index contributed by atoms with van der Waals surface area (Å²) in [4.78, 5) is 1.29. The van der Waals surface area contributed by atoms with Crippen molar-refractivity contribution in [3.63, 3.8) is 0 Å². The van der Waals surface area contributed by atoms with Crippen molar-refractivity contribution in [2.24, 2.45) is 0 Å². The number of hydrogen-bond donors (Lipinski definition) is 2. The number of quaternary nitrogens is 1. The number of hydrogen-bond acceptors (Lipinski definition) is 3. The molecule has 4 nitrogen and oxygen atoms in total. The van der Waals surface area contributed by atoms with Crippen LogP contribution in [0.5, 0.6) is 5.75 Å². The molecule has 112 valence electrons. The molecule has 1 aliphatic heterocycles. The van der Waals surface area contributed by atoms with Crippen LogP contribution in [-0.4, -0.2) is 49.7 Å². The molecule has 0 amide bonds. The van der Waals surface area contributed by atoms with Gasteiger partial charge in [0.05, 0.1) is 0 Å². The van der Waals surface area contributed by atoms with Gasteiger partial charge in [0, 0.05) is 0 Å². The van der Waals surface area contributed by atoms with Gasteiger partial charge in [-0.3, -0.25) is 0 Å². The molecule has 3 atom stereocenters. The number of aliphatic hydroxyl groups excluding tert-OH is 1. The highest BCUT2D eigenvalue weighted by Gasteiger charge is 2.27. The molecule has 0 unspecified atom stereocenters. The molecular weight excluding hydrogens is 261 g/mol. The molecule has 1 heterocycles. The minimum atomic E-state index is -0.609. The third-order valence-electron chi connectivity index (χ3n) is 3.41. The van der Waals surface area contributed by atoms with Gasteiger partial charge in [-0.1, -0.05) is 12.1 Å². The number of ether oxygens (including phenoxy) is 2. The van der Waals surface area contributed by atoms with Crippen LogP contribution in [0.1, 0.15) is 13.8 Å². The van der Waals surface area contributed by atoms with E-state index in [1.807, 2.05) is 13.8 Å². The summed E-state index contributed by atoms with van der Waals surface area (Å²) < 4.78 is 24.4. The fourth-order valence-corrected chi connectivity index (χ4v) is 2.70. The maximum Gasteiger partial charge on any atom is 0.165 e. The lowest BCUT2D eigenvalue weighted by Gasteiger charge is -2.33. The van der Waals surface area contributed by atoms with E-state index in [4.69, 9.17) is 9.47 Å². The third kappa shape index (κ3) is 4.44. The van der Waals surface area contributed by atoms with Crippen LogP contribution in [0, 0.1) is 5.82 Å². The number of halogens is 1. The Hall–Kier alpha value is -1.17. The van der Waals surface area contributed by atoms with Crippen LogP contribution in [0.3, 0.4) is 0 Å². The van der Waals surface area contributed by atoms with Crippen LogP contribution in [0.4, 0.5) is 4.39 Å². The summed E-state index contributed by atoms with van der Waals surface area (Å²) in [6.45, 7) is 6.53. The van der Waals surface area contributed by atoms with Gasteiger partial charge in [0.15, 0.2) is 11.6 Å². The average Bonchev–Trinajstić information content (AvgIpc) is 2.36. The lowest BCUT2D eigenvalue weighted by molar-refractivity contribution is -0.918. The van der Waals surface area contributed by atoms with E-state index in [9.17, 15) is 9.50 Å². The van der Waals surface area contributed by atoms with Gasteiger partial charge in [-0.2, -0.15) is 0 Å². The Balaban J connectivity index is 1.78. The Bertz CT molecular complexity index is 419. The lowest BCUT2D eigenvalue weighted by Crippen LogP contribution is -3.16. The molecule has 20 heavy (non-hydrogen) atoms. The molecule has 1 aromatic rings. The summed E-state index contributed by atoms with van der Waals surface area (Å²) in [6.07, 6.45) is -0.205. The van der Waals surface area contributed by atoms with E-state index in [1.165, 1.54) is 11.0 Å². The summed E-state index contributed by atoms with van der Waals surface area (Å²) in [6, 6.07) is 6.23. The van der Waals surface area contributed by atoms with Crippen molar-refractivity contribution in [1.29, 1.82) is 0 Å². The fourth-order valence-electron chi connectivity index (χ4n) is 2.70. The van der Waals surface area contributed by atoms with Crippen molar-refractivity contribution in [3.8, 4) is 5.75 Å². The number of nitrogens with one attached hydrogen (secondary N) is 1. The number of morpholine rings is 1. The standard InChI is InChI=1S/C15H22FNO3/c1-11-7-17(8-12(2)20-11)9-13(18)10-19-15-6-4-3-5-14(15)16/h3-6,11-13,18H,7-10H2,1-2H3/p+1/t11-,12-,13-/m0/s1. The number of benzene rings is 1. The van der Waals surface area contributed by atoms with Crippen molar-refractivity contribution in [3.05, 3.63) is 30.1 Å². The topological polar surface area (TPSA) is 43.1 Å². The average molecular weight is 284 g/mol. The summed E-state index contributed by atoms with van der Waals surface area (Å²) >= 11 is 0. The van der Waals surface area contributed by atoms with Crippen molar-refractivity contribution >= 4 is 0 Å². The maximum atomic E-state index is 13.4. The zero-order valence-corrected chi connectivity index (χ0v) is 12.0. The van der Waals surface area contributed by atoms with Gasteiger partial charge in [-0.15, -0.1) is 0 Å². The minimum Gasteiger partial charge on any atom is -0.488 e. The number of aliphatic hydroxyl groups is 1. The van der Waals surface area contributed by atoms with E-state index in [0.29, 0.717) is 6.54 Å². The van der Waals surface area contributed by atoms with Gasteiger partial charge in [0.1, 0.15) is 44.6 Å². The maximum absolute atomic E-state index is 13.4. The summed E-state index contributed by atoms with van der Waals surface area (Å²) in [5.41, 5.74) is 0. The van der Waals surface area contributed by atoms with E-state index < -0.39 is 11.9 Å². The molecule has 2 N–H and O–H groups in total. The first-order valence-electron chi connectivity index (χ1n) is 7.09. The first kappa shape index (κ1) is 15.2. The Kier molecular flexibility index (Phi) is 5.34. The van der Waals surface area contributed by atoms with E-state index in [1.54, 1.807) is 18.2 Å². The Morgan fingerprint density at radius 1 is 1.35 bits per heavy atom. The number of rotatable bonds is 5. The fraction of sp³-hybridized carbons (Fsp3) is 0.600. The van der Waals surface area contributed by atoms with Crippen LogP contribution in [-0.2, 0) is 4.74 Å². The summed E-state index contributed by atoms with van der Waals surface area (Å²) in [5, 5.41) is 10.0. The summed E-state index contributed by atoms with van der Waals surface area (Å²) in [7, 11) is 0. The predicted molar refractivity (Wildman–Crippen MR) is 73.5 cm³/mol. The Labute approximate surface area is 119 Å². The first-order chi connectivity index (χ1) is 9.54. The zero-order valence-electron chi connectivity index (χ0n) is 12.0. The van der Waals surface area contributed by atoms with Crippen molar-refractivity contribution in [2.75, 3.05) is 26.2 Å². The molecule has 0 bridgehead atoms. The smallest absolute Gasteiger partial charge is 0.165 e. The summed E-state index contributed by atoms with van der Waals surface area (Å²) in [5.74, 6) is -0.217. The van der Waals surface area contributed by atoms with E-state index >= 15 is 0 Å². The molecule has 5 heteroatoms. The highest BCUT2D eigenvalue weighted by molar-refractivity contribution is 5.23. The molecular formula is C15H23FNO3+. The Morgan fingerprint density at radius 3 is 2.65 bits per heavy atom. The molecule has 0 saturated carbocycles. The van der Waals surface area contributed by atoms with Gasteiger partial charge < -0.3 is 19.5 Å². The van der Waals surface area contributed by atoms with E-state index in [0.717, 1.165) is 13.1 Å². The van der Waals surface area contributed by atoms with Crippen molar-refractivity contribution in [1.82, 2.24) is 0 Å². The first-order valence-corrected chi connectivity index (χ1v) is 7.09. The minimum absolute atomic E-state index is 0.105. The van der Waals surface area contributed by atoms with E-state index in [-0.39, 0.29) is 24.6 Å². The highest BCUT2D eigenvalue weighted by atomic mass is 19.1. The number of para-hydroxylation sites is 1. The molecule has 0 radical (unpaired) electrons. The second-order valence-electron chi connectivity index (χ2n) is 5.51. The molecule has 1 saturated heterocycles. The van der Waals surface area contributed by atoms with Gasteiger partial charge in [0.2, 0.25) is 0 Å². The largest absolute Gasteiger partial charge is 0.488 e. The normalized spacial score (nSPS) is 28.1. The second-order valence-corrected chi connectivity index (χ2v) is 5.51. The molecule has 1 fully saturated rings. The quantitative estimate of drug-likeness (QED) is 0.815. The van der Waals surface area contributed by atoms with Crippen LogP contribution < -0.4 is 9.64 Å². The van der Waals surface area contributed by atoms with Crippen molar-refractivity contribution in [2.45, 2.75) is 32.2 Å². The van der Waals surface area contributed by atoms with Crippen LogP contribution in [0.15, 0.2) is 24.3 Å². The monoisotopic (exact) mass is 284 g/mol. The predicted octanol–water partition coefficient (Wildman–Crippen LogP) is 0.258. The van der Waals surface area contributed by atoms with Crippen LogP contribution >= 0.6 is 0 Å². The van der Waals surface area contributed by atoms with Gasteiger partial charge in [-0.25, -0.2) is 4.39 Å². The van der Waals surface area contributed by atoms with E-state index in [2.05, 4.69) is 0 Å². The molecule has 0 aliphatic carbocycles. The second kappa shape index (κ2) is 7.02. The molecule has 1 aromatic carbocycles. The third-order valence-corrected chi connectivity index (χ3v) is 3.41. The van der Waals surface area contributed by atoms with Gasteiger partial charge in [0.25, 0.3) is 0 Å². The van der Waals surface area contributed by atoms with Crippen LogP contribution in [0.2, 0.25) is 0 Å². The van der Waals surface area contributed by atoms with Gasteiger partial charge in [-0.05, 0) is 26.0 Å².